The van der Waals surface area contributed by atoms with Crippen molar-refractivity contribution in [1.29, 1.82) is 0 Å². The second kappa shape index (κ2) is 19.7. The highest BCUT2D eigenvalue weighted by atomic mass is 17.0. The Bertz CT molecular complexity index is 2940. The largest absolute Gasteiger partial charge is 0.465 e. The quantitative estimate of drug-likeness (QED) is 0.0278. The number of hydrogen-bond acceptors (Lipinski definition) is 13. The molecule has 0 spiro atoms. The average molecular weight is 914 g/mol. The molecule has 0 bridgehead atoms. The third kappa shape index (κ3) is 8.76. The number of aromatic nitrogens is 6. The van der Waals surface area contributed by atoms with Crippen LogP contribution in [0.3, 0.4) is 0 Å². The number of carbonyl (C=O) groups excluding carboxylic acids is 2. The lowest BCUT2D eigenvalue weighted by Crippen LogP contribution is -2.39. The number of benzene rings is 6. The van der Waals surface area contributed by atoms with E-state index >= 15 is 0 Å². The van der Waals surface area contributed by atoms with Gasteiger partial charge in [0, 0.05) is 19.6 Å². The van der Waals surface area contributed by atoms with E-state index in [1.165, 1.54) is 14.0 Å². The molecule has 68 heavy (non-hydrogen) atoms. The summed E-state index contributed by atoms with van der Waals surface area (Å²) in [5, 5.41) is 23.9. The average Bonchev–Trinajstić information content (AvgIpc) is 4.11. The maximum atomic E-state index is 13.8. The second-order valence-corrected chi connectivity index (χ2v) is 16.3. The predicted molar refractivity (Wildman–Crippen MR) is 250 cm³/mol. The van der Waals surface area contributed by atoms with Crippen LogP contribution in [0.4, 0.5) is 0 Å². The molecule has 1 aliphatic rings. The van der Waals surface area contributed by atoms with Gasteiger partial charge in [-0.2, -0.15) is 4.98 Å². The minimum absolute atomic E-state index is 0.0183. The summed E-state index contributed by atoms with van der Waals surface area (Å²) in [6.45, 7) is 3.89. The van der Waals surface area contributed by atoms with E-state index in [4.69, 9.17) is 39.1 Å². The highest BCUT2D eigenvalue weighted by molar-refractivity contribution is 6.02. The van der Waals surface area contributed by atoms with Crippen molar-refractivity contribution in [3.8, 4) is 28.5 Å². The number of rotatable bonds is 17. The van der Waals surface area contributed by atoms with Crippen molar-refractivity contribution in [1.82, 2.24) is 29.8 Å². The Morgan fingerprint density at radius 2 is 1.37 bits per heavy atom. The molecule has 16 heteroatoms. The zero-order valence-corrected chi connectivity index (χ0v) is 37.5. The normalized spacial score (nSPS) is 16.2. The highest BCUT2D eigenvalue weighted by Crippen LogP contribution is 2.43. The zero-order chi connectivity index (χ0) is 47.2. The van der Waals surface area contributed by atoms with Gasteiger partial charge in [-0.15, -0.1) is 15.2 Å². The number of esters is 2. The maximum Gasteiger partial charge on any atom is 0.343 e. The van der Waals surface area contributed by atoms with Crippen molar-refractivity contribution in [2.45, 2.75) is 57.3 Å². The number of tetrazole rings is 1. The van der Waals surface area contributed by atoms with E-state index in [1.807, 2.05) is 113 Å². The van der Waals surface area contributed by atoms with Crippen LogP contribution < -0.4 is 4.74 Å². The maximum absolute atomic E-state index is 13.8. The fourth-order valence-electron chi connectivity index (χ4n) is 9.22. The number of carbonyl (C=O) groups is 2. The van der Waals surface area contributed by atoms with Crippen molar-refractivity contribution < 1.29 is 38.5 Å². The van der Waals surface area contributed by atoms with Gasteiger partial charge in [-0.05, 0) is 75.7 Å². The molecule has 8 aromatic rings. The van der Waals surface area contributed by atoms with Gasteiger partial charge in [-0.25, -0.2) is 9.48 Å². The molecule has 1 unspecified atom stereocenters. The zero-order valence-electron chi connectivity index (χ0n) is 37.5. The van der Waals surface area contributed by atoms with Crippen LogP contribution in [0.15, 0.2) is 158 Å². The van der Waals surface area contributed by atoms with E-state index in [-0.39, 0.29) is 24.9 Å². The molecule has 0 aliphatic heterocycles. The van der Waals surface area contributed by atoms with E-state index in [0.717, 1.165) is 38.9 Å². The molecule has 344 valence electrons. The Labute approximate surface area is 391 Å². The molecule has 4 atom stereocenters. The Kier molecular flexibility index (Phi) is 13.0. The number of ether oxygens (including phenoxy) is 4. The van der Waals surface area contributed by atoms with Crippen LogP contribution in [0.25, 0.3) is 33.5 Å². The van der Waals surface area contributed by atoms with E-state index in [2.05, 4.69) is 47.7 Å². The molecule has 6 aromatic carbocycles. The molecule has 16 nitrogen and oxygen atoms in total. The van der Waals surface area contributed by atoms with Gasteiger partial charge < -0.3 is 23.8 Å². The molecule has 0 N–H and O–H groups in total. The number of imidazole rings is 1. The summed E-state index contributed by atoms with van der Waals surface area (Å²) in [6, 6.07) is 52.3. The summed E-state index contributed by atoms with van der Waals surface area (Å²) in [5.41, 5.74) is 6.74. The lowest BCUT2D eigenvalue weighted by Gasteiger charge is -2.36. The molecule has 0 saturated heterocycles. The van der Waals surface area contributed by atoms with Crippen molar-refractivity contribution >= 4 is 23.0 Å². The molecule has 2 heterocycles. The fourth-order valence-corrected chi connectivity index (χ4v) is 9.22. The van der Waals surface area contributed by atoms with E-state index in [1.54, 1.807) is 18.2 Å². The van der Waals surface area contributed by atoms with Gasteiger partial charge in [0.2, 0.25) is 6.29 Å². The molecule has 9 rings (SSSR count). The Balaban J connectivity index is 1.01. The molecule has 0 amide bonds. The summed E-state index contributed by atoms with van der Waals surface area (Å²) >= 11 is 0. The van der Waals surface area contributed by atoms with Crippen LogP contribution >= 0.6 is 0 Å². The van der Waals surface area contributed by atoms with Crippen LogP contribution in [-0.2, 0) is 35.9 Å². The standard InChI is InChI=1S/C52H47N7O9/c1-4-65-51-53-44-26-16-25-43(50(61)67-34(2)66-49(60)37-31-45(64-3)46(32-37)68-59(62)63)47(44)57(51)33-35-27-29-36(30-28-35)41-23-14-15-24-42(41)48-54-55-56-58(48)52(38-17-8-5-9-18-38,39-19-10-6-11-20-39)40-21-12-7-13-22-40/h5-30,34,37,45-46H,4,31-33H2,1-3H3/t34?,37-,45+,46+/m1/s1. The van der Waals surface area contributed by atoms with E-state index in [9.17, 15) is 19.7 Å². The number of fused-ring (bicyclic) bond motifs is 1. The summed E-state index contributed by atoms with van der Waals surface area (Å²) in [6.07, 6.45) is -2.70. The summed E-state index contributed by atoms with van der Waals surface area (Å²) in [7, 11) is 1.39. The number of methoxy groups -OCH3 is 1. The summed E-state index contributed by atoms with van der Waals surface area (Å²) < 4.78 is 26.2. The topological polar surface area (TPSA) is 185 Å². The molecular weight excluding hydrogens is 867 g/mol. The molecule has 1 saturated carbocycles. The minimum atomic E-state index is -1.28. The van der Waals surface area contributed by atoms with E-state index < -0.39 is 47.0 Å². The van der Waals surface area contributed by atoms with Gasteiger partial charge >= 0.3 is 11.9 Å². The molecule has 2 aromatic heterocycles. The van der Waals surface area contributed by atoms with Crippen LogP contribution in [0.1, 0.15) is 59.3 Å². The molecule has 1 fully saturated rings. The Hall–Kier alpha value is -8.24. The Morgan fingerprint density at radius 3 is 1.97 bits per heavy atom. The third-order valence-corrected chi connectivity index (χ3v) is 12.2. The second-order valence-electron chi connectivity index (χ2n) is 16.3. The number of hydrogen-bond donors (Lipinski definition) is 0. The Morgan fingerprint density at radius 1 is 0.765 bits per heavy atom. The molecular formula is C52H47N7O9. The third-order valence-electron chi connectivity index (χ3n) is 12.2. The first kappa shape index (κ1) is 44.9. The summed E-state index contributed by atoms with van der Waals surface area (Å²) in [4.78, 5) is 47.3. The van der Waals surface area contributed by atoms with Crippen molar-refractivity contribution in [3.63, 3.8) is 0 Å². The van der Waals surface area contributed by atoms with Crippen LogP contribution in [0.5, 0.6) is 6.01 Å². The van der Waals surface area contributed by atoms with Crippen LogP contribution in [0, 0.1) is 16.0 Å². The van der Waals surface area contributed by atoms with Gasteiger partial charge in [0.25, 0.3) is 11.1 Å². The van der Waals surface area contributed by atoms with Gasteiger partial charge in [0.1, 0.15) is 11.6 Å². The lowest BCUT2D eigenvalue weighted by atomic mass is 9.77. The number of nitrogens with zero attached hydrogens (tertiary/aromatic N) is 7. The van der Waals surface area contributed by atoms with Crippen LogP contribution in [-0.4, -0.2) is 79.0 Å². The van der Waals surface area contributed by atoms with Crippen molar-refractivity contribution in [2.24, 2.45) is 5.92 Å². The molecule has 1 aliphatic carbocycles. The van der Waals surface area contributed by atoms with Crippen molar-refractivity contribution in [3.05, 3.63) is 196 Å². The van der Waals surface area contributed by atoms with Gasteiger partial charge in [-0.1, -0.05) is 146 Å². The van der Waals surface area contributed by atoms with E-state index in [0.29, 0.717) is 29.5 Å². The SMILES string of the molecule is CCOc1nc2cccc(C(=O)OC(C)OC(=O)[C@@H]3C[C@H](OC)[C@@H](O[N+](=O)[O-])C3)c2n1Cc1ccc(-c2ccccc2-c2nnnn2C(c2ccccc2)(c2ccccc2)c2ccccc2)cc1. The van der Waals surface area contributed by atoms with Gasteiger partial charge in [0.05, 0.1) is 41.8 Å². The van der Waals surface area contributed by atoms with Crippen molar-refractivity contribution in [2.75, 3.05) is 13.7 Å². The van der Waals surface area contributed by atoms with Gasteiger partial charge in [0.15, 0.2) is 5.82 Å². The monoisotopic (exact) mass is 913 g/mol. The van der Waals surface area contributed by atoms with Gasteiger partial charge in [-0.3, -0.25) is 9.36 Å². The molecule has 0 radical (unpaired) electrons. The minimum Gasteiger partial charge on any atom is -0.465 e. The number of para-hydroxylation sites is 1. The fraction of sp³-hybridized carbons (Fsp3) is 0.231. The first-order valence-corrected chi connectivity index (χ1v) is 22.2. The summed E-state index contributed by atoms with van der Waals surface area (Å²) in [5.74, 6) is -1.61. The first-order chi connectivity index (χ1) is 33.2. The smallest absolute Gasteiger partial charge is 0.343 e. The first-order valence-electron chi connectivity index (χ1n) is 22.2. The van der Waals surface area contributed by atoms with Crippen LogP contribution in [0.2, 0.25) is 0 Å². The highest BCUT2D eigenvalue weighted by Gasteiger charge is 2.43. The lowest BCUT2D eigenvalue weighted by molar-refractivity contribution is -0.770. The predicted octanol–water partition coefficient (Wildman–Crippen LogP) is 8.69.